The summed E-state index contributed by atoms with van der Waals surface area (Å²) in [5, 5.41) is 13.3. The molecule has 1 aromatic carbocycles. The largest absolute Gasteiger partial charge is 0.338 e. The molecule has 1 unspecified atom stereocenters. The molecule has 2 fully saturated rings. The maximum Gasteiger partial charge on any atom is 0.234 e. The van der Waals surface area contributed by atoms with Gasteiger partial charge in [0, 0.05) is 37.1 Å². The van der Waals surface area contributed by atoms with E-state index in [2.05, 4.69) is 40.2 Å². The van der Waals surface area contributed by atoms with Gasteiger partial charge in [0.05, 0.1) is 17.0 Å². The molecule has 2 aliphatic rings. The van der Waals surface area contributed by atoms with E-state index in [4.69, 9.17) is 14.8 Å². The number of likely N-dealkylation sites (tertiary alicyclic amines) is 1. The normalized spacial score (nSPS) is 24.9. The van der Waals surface area contributed by atoms with Crippen LogP contribution in [0.2, 0.25) is 0 Å². The van der Waals surface area contributed by atoms with E-state index in [0.29, 0.717) is 17.3 Å². The molecule has 5 rings (SSSR count). The number of aromatic nitrogens is 3. The molecular weight excluding hydrogens is 362 g/mol. The summed E-state index contributed by atoms with van der Waals surface area (Å²) in [5.41, 5.74) is 2.76. The molecule has 0 radical (unpaired) electrons. The van der Waals surface area contributed by atoms with Gasteiger partial charge in [-0.1, -0.05) is 23.7 Å². The van der Waals surface area contributed by atoms with Gasteiger partial charge >= 0.3 is 0 Å². The van der Waals surface area contributed by atoms with Gasteiger partial charge in [-0.3, -0.25) is 9.88 Å². The molecule has 1 saturated carbocycles. The highest BCUT2D eigenvalue weighted by Crippen LogP contribution is 2.51. The molecule has 3 heterocycles. The molecule has 0 amide bonds. The van der Waals surface area contributed by atoms with Gasteiger partial charge in [-0.25, -0.2) is 0 Å². The van der Waals surface area contributed by atoms with Crippen LogP contribution in [-0.2, 0) is 5.41 Å². The lowest BCUT2D eigenvalue weighted by Gasteiger charge is -2.28. The second kappa shape index (κ2) is 7.09. The van der Waals surface area contributed by atoms with Gasteiger partial charge in [-0.2, -0.15) is 10.2 Å². The monoisotopic (exact) mass is 385 g/mol. The van der Waals surface area contributed by atoms with E-state index in [9.17, 15) is 0 Å². The quantitative estimate of drug-likeness (QED) is 0.672. The molecule has 1 saturated heterocycles. The first-order valence-corrected chi connectivity index (χ1v) is 10.2. The van der Waals surface area contributed by atoms with Crippen molar-refractivity contribution in [3.63, 3.8) is 0 Å². The summed E-state index contributed by atoms with van der Waals surface area (Å²) in [4.78, 5) is 11.5. The average molecular weight is 385 g/mol. The van der Waals surface area contributed by atoms with Crippen LogP contribution in [0, 0.1) is 17.2 Å². The van der Waals surface area contributed by atoms with E-state index in [0.717, 1.165) is 31.0 Å². The first-order valence-electron chi connectivity index (χ1n) is 10.2. The Morgan fingerprint density at radius 1 is 1.28 bits per heavy atom. The summed E-state index contributed by atoms with van der Waals surface area (Å²) in [5.74, 6) is 1.92. The van der Waals surface area contributed by atoms with Crippen molar-refractivity contribution in [2.75, 3.05) is 13.1 Å². The van der Waals surface area contributed by atoms with Crippen LogP contribution in [0.4, 0.5) is 0 Å². The Kier molecular flexibility index (Phi) is 4.40. The zero-order valence-corrected chi connectivity index (χ0v) is 16.5. The van der Waals surface area contributed by atoms with Crippen LogP contribution in [0.3, 0.4) is 0 Å². The van der Waals surface area contributed by atoms with Crippen LogP contribution in [-0.4, -0.2) is 33.1 Å². The Morgan fingerprint density at radius 2 is 2.14 bits per heavy atom. The fraction of sp³-hybridized carbons (Fsp3) is 0.391. The van der Waals surface area contributed by atoms with Crippen molar-refractivity contribution in [2.24, 2.45) is 5.92 Å². The molecule has 29 heavy (non-hydrogen) atoms. The molecule has 6 nitrogen and oxygen atoms in total. The zero-order valence-electron chi connectivity index (χ0n) is 16.5. The number of nitrogens with zero attached hydrogens (tertiary/aromatic N) is 5. The fourth-order valence-corrected chi connectivity index (χ4v) is 5.06. The predicted octanol–water partition coefficient (Wildman–Crippen LogP) is 4.12. The molecular formula is C23H23N5O. The Morgan fingerprint density at radius 3 is 2.90 bits per heavy atom. The highest BCUT2D eigenvalue weighted by Gasteiger charge is 2.54. The number of hydrogen-bond donors (Lipinski definition) is 0. The van der Waals surface area contributed by atoms with Gasteiger partial charge in [0.2, 0.25) is 11.7 Å². The van der Waals surface area contributed by atoms with E-state index in [-0.39, 0.29) is 11.5 Å². The molecule has 0 bridgehead atoms. The van der Waals surface area contributed by atoms with Crippen molar-refractivity contribution < 1.29 is 4.52 Å². The molecule has 0 N–H and O–H groups in total. The maximum absolute atomic E-state index is 9.04. The minimum atomic E-state index is -0.0612. The maximum atomic E-state index is 9.04. The van der Waals surface area contributed by atoms with Crippen molar-refractivity contribution in [3.8, 4) is 17.5 Å². The third-order valence-electron chi connectivity index (χ3n) is 6.74. The first kappa shape index (κ1) is 18.0. The molecule has 1 aliphatic heterocycles. The van der Waals surface area contributed by atoms with E-state index in [1.807, 2.05) is 24.3 Å². The molecule has 3 atom stereocenters. The second-order valence-electron chi connectivity index (χ2n) is 8.25. The summed E-state index contributed by atoms with van der Waals surface area (Å²) in [7, 11) is 0. The highest BCUT2D eigenvalue weighted by atomic mass is 16.5. The van der Waals surface area contributed by atoms with Gasteiger partial charge in [-0.15, -0.1) is 0 Å². The van der Waals surface area contributed by atoms with E-state index in [1.54, 1.807) is 12.4 Å². The van der Waals surface area contributed by atoms with Crippen LogP contribution in [0.25, 0.3) is 11.4 Å². The van der Waals surface area contributed by atoms with Crippen LogP contribution < -0.4 is 0 Å². The molecule has 6 heteroatoms. The number of fused-ring (bicyclic) bond motifs is 1. The molecule has 146 valence electrons. The van der Waals surface area contributed by atoms with Gasteiger partial charge < -0.3 is 4.52 Å². The summed E-state index contributed by atoms with van der Waals surface area (Å²) in [6.07, 6.45) is 7.00. The van der Waals surface area contributed by atoms with Crippen LogP contribution in [0.5, 0.6) is 0 Å². The standard InChI is InChI=1S/C23H23N5O/c1-16(18-8-6-17(12-24)7-9-18)28-14-20-5-2-10-23(20,15-28)22-26-21(27-29-22)19-4-3-11-25-13-19/h3-4,6-9,11,13,16,20H,2,5,10,14-15H2,1H3/t16?,20-,23-/m1/s1. The van der Waals surface area contributed by atoms with Crippen molar-refractivity contribution in [1.82, 2.24) is 20.0 Å². The van der Waals surface area contributed by atoms with Gasteiger partial charge in [0.1, 0.15) is 0 Å². The minimum absolute atomic E-state index is 0.0612. The van der Waals surface area contributed by atoms with Crippen molar-refractivity contribution >= 4 is 0 Å². The lowest BCUT2D eigenvalue weighted by molar-refractivity contribution is 0.218. The summed E-state index contributed by atoms with van der Waals surface area (Å²) < 4.78 is 5.82. The van der Waals surface area contributed by atoms with Gasteiger partial charge in [0.15, 0.2) is 0 Å². The van der Waals surface area contributed by atoms with E-state index >= 15 is 0 Å². The lowest BCUT2D eigenvalue weighted by Crippen LogP contribution is -2.33. The molecule has 3 aromatic rings. The highest BCUT2D eigenvalue weighted by molar-refractivity contribution is 5.52. The van der Waals surface area contributed by atoms with Crippen LogP contribution >= 0.6 is 0 Å². The smallest absolute Gasteiger partial charge is 0.234 e. The number of benzene rings is 1. The van der Waals surface area contributed by atoms with E-state index in [1.165, 1.54) is 18.4 Å². The van der Waals surface area contributed by atoms with E-state index < -0.39 is 0 Å². The molecule has 0 spiro atoms. The predicted molar refractivity (Wildman–Crippen MR) is 108 cm³/mol. The Hall–Kier alpha value is -3.04. The summed E-state index contributed by atoms with van der Waals surface area (Å²) in [6, 6.07) is 14.3. The first-order chi connectivity index (χ1) is 14.2. The number of rotatable bonds is 4. The summed E-state index contributed by atoms with van der Waals surface area (Å²) in [6.45, 7) is 4.20. The van der Waals surface area contributed by atoms with Crippen LogP contribution in [0.1, 0.15) is 49.2 Å². The number of hydrogen-bond acceptors (Lipinski definition) is 6. The third-order valence-corrected chi connectivity index (χ3v) is 6.74. The van der Waals surface area contributed by atoms with Crippen molar-refractivity contribution in [2.45, 2.75) is 37.6 Å². The number of pyridine rings is 1. The van der Waals surface area contributed by atoms with Crippen molar-refractivity contribution in [1.29, 1.82) is 5.26 Å². The van der Waals surface area contributed by atoms with Crippen LogP contribution in [0.15, 0.2) is 53.3 Å². The third kappa shape index (κ3) is 3.02. The Bertz CT molecular complexity index is 1040. The Balaban J connectivity index is 1.41. The number of nitriles is 1. The molecule has 2 aromatic heterocycles. The fourth-order valence-electron chi connectivity index (χ4n) is 5.06. The minimum Gasteiger partial charge on any atom is -0.338 e. The van der Waals surface area contributed by atoms with Gasteiger partial charge in [0.25, 0.3) is 0 Å². The average Bonchev–Trinajstić information content (AvgIpc) is 3.48. The lowest BCUT2D eigenvalue weighted by atomic mass is 9.80. The second-order valence-corrected chi connectivity index (χ2v) is 8.25. The zero-order chi connectivity index (χ0) is 19.8. The summed E-state index contributed by atoms with van der Waals surface area (Å²) >= 11 is 0. The van der Waals surface area contributed by atoms with Crippen molar-refractivity contribution in [3.05, 3.63) is 65.8 Å². The SMILES string of the molecule is CC(c1ccc(C#N)cc1)N1C[C@H]2CCC[C@@]2(c2nc(-c3cccnc3)no2)C1. The molecule has 1 aliphatic carbocycles. The Labute approximate surface area is 170 Å². The van der Waals surface area contributed by atoms with Gasteiger partial charge in [-0.05, 0) is 55.5 Å². The topological polar surface area (TPSA) is 78.8 Å².